The van der Waals surface area contributed by atoms with E-state index in [1.807, 2.05) is 0 Å². The standard InChI is InChI=1S/C15H14F2N2O2/c16-10-6-5-9(7-11(10)17)13-18-14(20)12(15(21)19-13)8-3-1-2-4-8/h5-8H,1-4H2,(H2,18,19,20,21). The van der Waals surface area contributed by atoms with Crippen LogP contribution in [0.4, 0.5) is 8.78 Å². The summed E-state index contributed by atoms with van der Waals surface area (Å²) in [5, 5.41) is 10.0. The van der Waals surface area contributed by atoms with Gasteiger partial charge in [-0.2, -0.15) is 4.98 Å². The summed E-state index contributed by atoms with van der Waals surface area (Å²) in [6.45, 7) is 0. The predicted molar refractivity (Wildman–Crippen MR) is 73.1 cm³/mol. The largest absolute Gasteiger partial charge is 0.493 e. The van der Waals surface area contributed by atoms with E-state index in [0.717, 1.165) is 37.8 Å². The van der Waals surface area contributed by atoms with Crippen LogP contribution in [0.15, 0.2) is 23.0 Å². The average molecular weight is 292 g/mol. The van der Waals surface area contributed by atoms with E-state index in [9.17, 15) is 18.7 Å². The highest BCUT2D eigenvalue weighted by atomic mass is 19.2. The van der Waals surface area contributed by atoms with Crippen LogP contribution >= 0.6 is 0 Å². The third kappa shape index (κ3) is 2.53. The molecule has 1 aliphatic rings. The molecule has 110 valence electrons. The number of halogens is 2. The number of H-pyrrole nitrogens is 1. The summed E-state index contributed by atoms with van der Waals surface area (Å²) in [6, 6.07) is 3.18. The second-order valence-electron chi connectivity index (χ2n) is 5.26. The molecule has 1 aliphatic carbocycles. The maximum Gasteiger partial charge on any atom is 0.258 e. The SMILES string of the molecule is O=c1[nH]c(-c2ccc(F)c(F)c2)nc(O)c1C1CCCC1. The molecule has 3 rings (SSSR count). The van der Waals surface area contributed by atoms with Gasteiger partial charge in [0.25, 0.3) is 5.56 Å². The Morgan fingerprint density at radius 1 is 1.19 bits per heavy atom. The number of benzene rings is 1. The molecule has 0 amide bonds. The number of aromatic nitrogens is 2. The highest BCUT2D eigenvalue weighted by molar-refractivity contribution is 5.55. The highest BCUT2D eigenvalue weighted by Gasteiger charge is 2.24. The second kappa shape index (κ2) is 5.27. The molecule has 4 nitrogen and oxygen atoms in total. The molecule has 0 saturated heterocycles. The Morgan fingerprint density at radius 3 is 2.52 bits per heavy atom. The summed E-state index contributed by atoms with van der Waals surface area (Å²) in [6.07, 6.45) is 3.74. The Labute approximate surface area is 119 Å². The van der Waals surface area contributed by atoms with Gasteiger partial charge in [0.15, 0.2) is 11.6 Å². The number of hydrogen-bond donors (Lipinski definition) is 2. The summed E-state index contributed by atoms with van der Waals surface area (Å²) in [5.41, 5.74) is 0.0761. The summed E-state index contributed by atoms with van der Waals surface area (Å²) in [4.78, 5) is 18.6. The van der Waals surface area contributed by atoms with Crippen molar-refractivity contribution < 1.29 is 13.9 Å². The second-order valence-corrected chi connectivity index (χ2v) is 5.26. The lowest BCUT2D eigenvalue weighted by Gasteiger charge is -2.11. The Kier molecular flexibility index (Phi) is 3.45. The van der Waals surface area contributed by atoms with Crippen molar-refractivity contribution in [3.63, 3.8) is 0 Å². The van der Waals surface area contributed by atoms with Crippen LogP contribution in [-0.2, 0) is 0 Å². The molecule has 1 aromatic carbocycles. The van der Waals surface area contributed by atoms with Crippen molar-refractivity contribution in [2.45, 2.75) is 31.6 Å². The molecule has 0 radical (unpaired) electrons. The van der Waals surface area contributed by atoms with E-state index in [1.54, 1.807) is 0 Å². The van der Waals surface area contributed by atoms with Crippen molar-refractivity contribution in [3.05, 3.63) is 45.8 Å². The third-order valence-corrected chi connectivity index (χ3v) is 3.89. The van der Waals surface area contributed by atoms with Crippen LogP contribution in [0.3, 0.4) is 0 Å². The number of hydrogen-bond acceptors (Lipinski definition) is 3. The van der Waals surface area contributed by atoms with Gasteiger partial charge in [-0.05, 0) is 37.0 Å². The van der Waals surface area contributed by atoms with Gasteiger partial charge in [-0.1, -0.05) is 12.8 Å². The number of aromatic hydroxyl groups is 1. The zero-order chi connectivity index (χ0) is 15.0. The van der Waals surface area contributed by atoms with E-state index in [1.165, 1.54) is 6.07 Å². The van der Waals surface area contributed by atoms with Crippen LogP contribution < -0.4 is 5.56 Å². The lowest BCUT2D eigenvalue weighted by molar-refractivity contribution is 0.436. The number of nitrogens with zero attached hydrogens (tertiary/aromatic N) is 1. The Balaban J connectivity index is 2.05. The molecule has 1 fully saturated rings. The van der Waals surface area contributed by atoms with E-state index in [4.69, 9.17) is 0 Å². The van der Waals surface area contributed by atoms with Crippen LogP contribution in [0.5, 0.6) is 5.88 Å². The fourth-order valence-electron chi connectivity index (χ4n) is 2.83. The third-order valence-electron chi connectivity index (χ3n) is 3.89. The quantitative estimate of drug-likeness (QED) is 0.894. The number of rotatable bonds is 2. The molecule has 1 heterocycles. The topological polar surface area (TPSA) is 66.0 Å². The van der Waals surface area contributed by atoms with E-state index in [0.29, 0.717) is 5.56 Å². The maximum absolute atomic E-state index is 13.2. The van der Waals surface area contributed by atoms with Gasteiger partial charge in [-0.25, -0.2) is 8.78 Å². The monoisotopic (exact) mass is 292 g/mol. The van der Waals surface area contributed by atoms with Gasteiger partial charge in [0.1, 0.15) is 5.82 Å². The van der Waals surface area contributed by atoms with Gasteiger partial charge < -0.3 is 10.1 Å². The molecule has 2 N–H and O–H groups in total. The normalized spacial score (nSPS) is 15.5. The molecule has 2 aromatic rings. The van der Waals surface area contributed by atoms with Crippen LogP contribution in [0.25, 0.3) is 11.4 Å². The maximum atomic E-state index is 13.2. The van der Waals surface area contributed by atoms with Crippen molar-refractivity contribution >= 4 is 0 Å². The molecule has 0 atom stereocenters. The first-order valence-corrected chi connectivity index (χ1v) is 6.85. The van der Waals surface area contributed by atoms with E-state index >= 15 is 0 Å². The minimum Gasteiger partial charge on any atom is -0.493 e. The molecule has 0 unspecified atom stereocenters. The first-order chi connectivity index (χ1) is 10.1. The molecule has 1 saturated carbocycles. The van der Waals surface area contributed by atoms with Crippen LogP contribution in [0, 0.1) is 11.6 Å². The van der Waals surface area contributed by atoms with E-state index in [2.05, 4.69) is 9.97 Å². The van der Waals surface area contributed by atoms with Gasteiger partial charge >= 0.3 is 0 Å². The Bertz CT molecular complexity index is 737. The number of nitrogens with one attached hydrogen (secondary N) is 1. The van der Waals surface area contributed by atoms with Gasteiger partial charge in [0, 0.05) is 5.56 Å². The highest BCUT2D eigenvalue weighted by Crippen LogP contribution is 2.35. The minimum absolute atomic E-state index is 0.0141. The first kappa shape index (κ1) is 13.7. The summed E-state index contributed by atoms with van der Waals surface area (Å²) < 4.78 is 26.2. The van der Waals surface area contributed by atoms with Gasteiger partial charge in [0.05, 0.1) is 5.56 Å². The van der Waals surface area contributed by atoms with Crippen molar-refractivity contribution in [2.75, 3.05) is 0 Å². The molecular weight excluding hydrogens is 278 g/mol. The van der Waals surface area contributed by atoms with Gasteiger partial charge in [0.2, 0.25) is 5.88 Å². The molecular formula is C15H14F2N2O2. The van der Waals surface area contributed by atoms with Gasteiger partial charge in [-0.3, -0.25) is 4.79 Å². The smallest absolute Gasteiger partial charge is 0.258 e. The lowest BCUT2D eigenvalue weighted by atomic mass is 10.00. The molecule has 6 heteroatoms. The van der Waals surface area contributed by atoms with E-state index in [-0.39, 0.29) is 23.2 Å². The Hall–Kier alpha value is -2.24. The zero-order valence-corrected chi connectivity index (χ0v) is 11.2. The zero-order valence-electron chi connectivity index (χ0n) is 11.2. The fraction of sp³-hybridized carbons (Fsp3) is 0.333. The lowest BCUT2D eigenvalue weighted by Crippen LogP contribution is -2.17. The fourth-order valence-corrected chi connectivity index (χ4v) is 2.83. The summed E-state index contributed by atoms with van der Waals surface area (Å²) >= 11 is 0. The van der Waals surface area contributed by atoms with Crippen LogP contribution in [0.2, 0.25) is 0 Å². The summed E-state index contributed by atoms with van der Waals surface area (Å²) in [7, 11) is 0. The van der Waals surface area contributed by atoms with Gasteiger partial charge in [-0.15, -0.1) is 0 Å². The molecule has 0 bridgehead atoms. The Morgan fingerprint density at radius 2 is 1.90 bits per heavy atom. The average Bonchev–Trinajstić information content (AvgIpc) is 2.95. The molecule has 1 aromatic heterocycles. The molecule has 0 aliphatic heterocycles. The molecule has 21 heavy (non-hydrogen) atoms. The summed E-state index contributed by atoms with van der Waals surface area (Å²) in [5.74, 6) is -2.30. The minimum atomic E-state index is -1.03. The molecule has 0 spiro atoms. The number of aromatic amines is 1. The van der Waals surface area contributed by atoms with Crippen molar-refractivity contribution in [2.24, 2.45) is 0 Å². The van der Waals surface area contributed by atoms with Crippen LogP contribution in [0.1, 0.15) is 37.2 Å². The first-order valence-electron chi connectivity index (χ1n) is 6.85. The van der Waals surface area contributed by atoms with Crippen LogP contribution in [-0.4, -0.2) is 15.1 Å². The predicted octanol–water partition coefficient (Wildman–Crippen LogP) is 3.08. The van der Waals surface area contributed by atoms with Crippen molar-refractivity contribution in [1.82, 2.24) is 9.97 Å². The van der Waals surface area contributed by atoms with Crippen molar-refractivity contribution in [3.8, 4) is 17.3 Å². The van der Waals surface area contributed by atoms with Crippen molar-refractivity contribution in [1.29, 1.82) is 0 Å². The van der Waals surface area contributed by atoms with E-state index < -0.39 is 17.2 Å².